The van der Waals surface area contributed by atoms with E-state index < -0.39 is 0 Å². The van der Waals surface area contributed by atoms with Crippen LogP contribution in [0.5, 0.6) is 0 Å². The van der Waals surface area contributed by atoms with Gasteiger partial charge in [0.25, 0.3) is 0 Å². The zero-order chi connectivity index (χ0) is 12.5. The minimum Gasteiger partial charge on any atom is -0.314 e. The maximum Gasteiger partial charge on any atom is 0.00977 e. The van der Waals surface area contributed by atoms with Crippen LogP contribution in [0.25, 0.3) is 0 Å². The van der Waals surface area contributed by atoms with Crippen LogP contribution in [-0.2, 0) is 0 Å². The first-order chi connectivity index (χ1) is 8.31. The van der Waals surface area contributed by atoms with Gasteiger partial charge in [-0.1, -0.05) is 33.6 Å². The molecule has 17 heavy (non-hydrogen) atoms. The number of nitrogens with one attached hydrogen (secondary N) is 1. The van der Waals surface area contributed by atoms with E-state index in [1.807, 2.05) is 0 Å². The summed E-state index contributed by atoms with van der Waals surface area (Å²) in [7, 11) is 0. The fourth-order valence-electron chi connectivity index (χ4n) is 2.97. The molecule has 1 rings (SSSR count). The Morgan fingerprint density at radius 2 is 1.76 bits per heavy atom. The Hall–Kier alpha value is 0.310. The van der Waals surface area contributed by atoms with Gasteiger partial charge >= 0.3 is 0 Å². The molecule has 1 saturated heterocycles. The summed E-state index contributed by atoms with van der Waals surface area (Å²) in [6, 6.07) is 0.776. The Kier molecular flexibility index (Phi) is 8.38. The predicted octanol–water partition coefficient (Wildman–Crippen LogP) is 4.32. The van der Waals surface area contributed by atoms with Crippen molar-refractivity contribution in [3.63, 3.8) is 0 Å². The maximum absolute atomic E-state index is 3.81. The van der Waals surface area contributed by atoms with Crippen molar-refractivity contribution < 1.29 is 0 Å². The second kappa shape index (κ2) is 9.27. The number of hydrogen-bond donors (Lipinski definition) is 1. The van der Waals surface area contributed by atoms with E-state index >= 15 is 0 Å². The molecule has 102 valence electrons. The summed E-state index contributed by atoms with van der Waals surface area (Å²) in [6.45, 7) is 8.17. The molecule has 0 saturated carbocycles. The standard InChI is InChI=1S/C15H31NS/c1-4-9-16-15(14(5-2)6-3)12-13-7-10-17-11-8-13/h13-16H,4-12H2,1-3H3. The van der Waals surface area contributed by atoms with Crippen LogP contribution in [0.1, 0.15) is 59.3 Å². The van der Waals surface area contributed by atoms with E-state index in [4.69, 9.17) is 0 Å². The predicted molar refractivity (Wildman–Crippen MR) is 80.8 cm³/mol. The summed E-state index contributed by atoms with van der Waals surface area (Å²) in [6.07, 6.45) is 8.26. The zero-order valence-electron chi connectivity index (χ0n) is 12.0. The van der Waals surface area contributed by atoms with Crippen molar-refractivity contribution in [1.29, 1.82) is 0 Å². The molecular weight excluding hydrogens is 226 g/mol. The third kappa shape index (κ3) is 5.65. The lowest BCUT2D eigenvalue weighted by atomic mass is 9.85. The number of thioether (sulfide) groups is 1. The molecule has 0 aliphatic carbocycles. The van der Waals surface area contributed by atoms with E-state index in [1.54, 1.807) is 0 Å². The first-order valence-electron chi connectivity index (χ1n) is 7.62. The van der Waals surface area contributed by atoms with E-state index in [0.717, 1.165) is 17.9 Å². The van der Waals surface area contributed by atoms with Crippen LogP contribution in [0.15, 0.2) is 0 Å². The van der Waals surface area contributed by atoms with E-state index in [1.165, 1.54) is 56.6 Å². The second-order valence-corrected chi connectivity index (χ2v) is 6.65. The molecule has 1 heterocycles. The Morgan fingerprint density at radius 3 is 2.29 bits per heavy atom. The van der Waals surface area contributed by atoms with E-state index in [-0.39, 0.29) is 0 Å². The van der Waals surface area contributed by atoms with Crippen molar-refractivity contribution in [2.24, 2.45) is 11.8 Å². The van der Waals surface area contributed by atoms with Gasteiger partial charge in [0.2, 0.25) is 0 Å². The van der Waals surface area contributed by atoms with Gasteiger partial charge in [-0.2, -0.15) is 11.8 Å². The topological polar surface area (TPSA) is 12.0 Å². The maximum atomic E-state index is 3.81. The first-order valence-corrected chi connectivity index (χ1v) is 8.78. The highest BCUT2D eigenvalue weighted by Gasteiger charge is 2.23. The smallest absolute Gasteiger partial charge is 0.00977 e. The van der Waals surface area contributed by atoms with Crippen molar-refractivity contribution in [2.75, 3.05) is 18.1 Å². The largest absolute Gasteiger partial charge is 0.314 e. The molecule has 1 nitrogen and oxygen atoms in total. The summed E-state index contributed by atoms with van der Waals surface area (Å²) in [5, 5.41) is 3.81. The molecule has 0 radical (unpaired) electrons. The lowest BCUT2D eigenvalue weighted by molar-refractivity contribution is 0.270. The average molecular weight is 257 g/mol. The molecule has 1 unspecified atom stereocenters. The lowest BCUT2D eigenvalue weighted by Crippen LogP contribution is -2.38. The Bertz CT molecular complexity index is 174. The lowest BCUT2D eigenvalue weighted by Gasteiger charge is -2.31. The minimum absolute atomic E-state index is 0.776. The molecule has 0 bridgehead atoms. The SMILES string of the molecule is CCCNC(CC1CCSCC1)C(CC)CC. The number of hydrogen-bond acceptors (Lipinski definition) is 2. The van der Waals surface area contributed by atoms with Gasteiger partial charge in [0.1, 0.15) is 0 Å². The second-order valence-electron chi connectivity index (χ2n) is 5.43. The molecule has 1 fully saturated rings. The third-order valence-corrected chi connectivity index (χ3v) is 5.25. The summed E-state index contributed by atoms with van der Waals surface area (Å²) in [4.78, 5) is 0. The van der Waals surface area contributed by atoms with Gasteiger partial charge in [0.15, 0.2) is 0 Å². The summed E-state index contributed by atoms with van der Waals surface area (Å²) in [5.74, 6) is 4.67. The Balaban J connectivity index is 2.42. The van der Waals surface area contributed by atoms with Gasteiger partial charge < -0.3 is 5.32 Å². The molecule has 1 atom stereocenters. The quantitative estimate of drug-likeness (QED) is 0.695. The van der Waals surface area contributed by atoms with Crippen LogP contribution in [0.3, 0.4) is 0 Å². The molecule has 0 aromatic carbocycles. The fraction of sp³-hybridized carbons (Fsp3) is 1.00. The molecule has 0 amide bonds. The van der Waals surface area contributed by atoms with Crippen LogP contribution in [-0.4, -0.2) is 24.1 Å². The molecule has 0 aromatic rings. The highest BCUT2D eigenvalue weighted by Crippen LogP contribution is 2.29. The third-order valence-electron chi connectivity index (χ3n) is 4.20. The van der Waals surface area contributed by atoms with Gasteiger partial charge in [-0.05, 0) is 55.6 Å². The van der Waals surface area contributed by atoms with E-state index in [2.05, 4.69) is 37.8 Å². The summed E-state index contributed by atoms with van der Waals surface area (Å²) in [5.41, 5.74) is 0. The van der Waals surface area contributed by atoms with Gasteiger partial charge in [-0.25, -0.2) is 0 Å². The summed E-state index contributed by atoms with van der Waals surface area (Å²) < 4.78 is 0. The molecule has 0 aromatic heterocycles. The molecule has 1 aliphatic heterocycles. The van der Waals surface area contributed by atoms with Gasteiger partial charge in [-0.15, -0.1) is 0 Å². The first kappa shape index (κ1) is 15.4. The normalized spacial score (nSPS) is 19.8. The van der Waals surface area contributed by atoms with Crippen molar-refractivity contribution >= 4 is 11.8 Å². The molecule has 2 heteroatoms. The van der Waals surface area contributed by atoms with Crippen LogP contribution in [0, 0.1) is 11.8 Å². The summed E-state index contributed by atoms with van der Waals surface area (Å²) >= 11 is 2.14. The number of rotatable bonds is 8. The highest BCUT2D eigenvalue weighted by molar-refractivity contribution is 7.99. The van der Waals surface area contributed by atoms with Gasteiger partial charge in [0, 0.05) is 6.04 Å². The average Bonchev–Trinajstić information content (AvgIpc) is 2.38. The van der Waals surface area contributed by atoms with Crippen molar-refractivity contribution in [3.05, 3.63) is 0 Å². The zero-order valence-corrected chi connectivity index (χ0v) is 12.8. The van der Waals surface area contributed by atoms with Crippen molar-refractivity contribution in [2.45, 2.75) is 65.3 Å². The van der Waals surface area contributed by atoms with Crippen LogP contribution >= 0.6 is 11.8 Å². The van der Waals surface area contributed by atoms with Crippen LogP contribution < -0.4 is 5.32 Å². The Labute approximate surface area is 113 Å². The van der Waals surface area contributed by atoms with E-state index in [9.17, 15) is 0 Å². The Morgan fingerprint density at radius 1 is 1.12 bits per heavy atom. The van der Waals surface area contributed by atoms with E-state index in [0.29, 0.717) is 0 Å². The van der Waals surface area contributed by atoms with Gasteiger partial charge in [0.05, 0.1) is 0 Å². The molecule has 0 spiro atoms. The van der Waals surface area contributed by atoms with Gasteiger partial charge in [-0.3, -0.25) is 0 Å². The molecular formula is C15H31NS. The van der Waals surface area contributed by atoms with Crippen molar-refractivity contribution in [1.82, 2.24) is 5.32 Å². The van der Waals surface area contributed by atoms with Crippen LogP contribution in [0.4, 0.5) is 0 Å². The highest BCUT2D eigenvalue weighted by atomic mass is 32.2. The molecule has 1 aliphatic rings. The van der Waals surface area contributed by atoms with Crippen LogP contribution in [0.2, 0.25) is 0 Å². The monoisotopic (exact) mass is 257 g/mol. The minimum atomic E-state index is 0.776. The fourth-order valence-corrected chi connectivity index (χ4v) is 4.18. The van der Waals surface area contributed by atoms with Crippen molar-refractivity contribution in [3.8, 4) is 0 Å². The molecule has 1 N–H and O–H groups in total.